The zero-order chi connectivity index (χ0) is 15.0. The Bertz CT molecular complexity index is 453. The summed E-state index contributed by atoms with van der Waals surface area (Å²) >= 11 is 1.58. The zero-order valence-corrected chi connectivity index (χ0v) is 12.0. The molecule has 0 radical (unpaired) electrons. The van der Waals surface area contributed by atoms with Crippen LogP contribution in [0, 0.1) is 5.82 Å². The van der Waals surface area contributed by atoms with Crippen molar-refractivity contribution in [2.24, 2.45) is 5.73 Å². The van der Waals surface area contributed by atoms with Crippen LogP contribution < -0.4 is 16.4 Å². The summed E-state index contributed by atoms with van der Waals surface area (Å²) in [4.78, 5) is 22.8. The third kappa shape index (κ3) is 5.92. The normalized spacial score (nSPS) is 11.7. The van der Waals surface area contributed by atoms with Gasteiger partial charge in [0, 0.05) is 6.54 Å². The fourth-order valence-corrected chi connectivity index (χ4v) is 2.06. The molecule has 0 heterocycles. The van der Waals surface area contributed by atoms with Crippen LogP contribution in [0.5, 0.6) is 0 Å². The molecular formula is C13H18FN3O2S. The molecule has 0 aromatic heterocycles. The van der Waals surface area contributed by atoms with Gasteiger partial charge in [-0.3, -0.25) is 4.79 Å². The van der Waals surface area contributed by atoms with Gasteiger partial charge in [0.2, 0.25) is 5.91 Å². The lowest BCUT2D eigenvalue weighted by Gasteiger charge is -2.16. The third-order valence-corrected chi connectivity index (χ3v) is 3.27. The van der Waals surface area contributed by atoms with Gasteiger partial charge >= 0.3 is 6.03 Å². The van der Waals surface area contributed by atoms with Crippen LogP contribution >= 0.6 is 11.8 Å². The Morgan fingerprint density at radius 2 is 2.00 bits per heavy atom. The van der Waals surface area contributed by atoms with Crippen molar-refractivity contribution in [3.05, 3.63) is 35.6 Å². The van der Waals surface area contributed by atoms with Crippen LogP contribution in [0.1, 0.15) is 12.0 Å². The van der Waals surface area contributed by atoms with E-state index in [0.717, 1.165) is 11.3 Å². The van der Waals surface area contributed by atoms with E-state index in [-0.39, 0.29) is 18.3 Å². The van der Waals surface area contributed by atoms with Gasteiger partial charge in [0.05, 0.1) is 0 Å². The summed E-state index contributed by atoms with van der Waals surface area (Å²) in [5, 5.41) is 5.11. The Labute approximate surface area is 121 Å². The van der Waals surface area contributed by atoms with Crippen LogP contribution in [0.2, 0.25) is 0 Å². The quantitative estimate of drug-likeness (QED) is 0.708. The minimum absolute atomic E-state index is 0.273. The second-order valence-corrected chi connectivity index (χ2v) is 5.17. The van der Waals surface area contributed by atoms with Gasteiger partial charge in [-0.25, -0.2) is 9.18 Å². The molecule has 20 heavy (non-hydrogen) atoms. The summed E-state index contributed by atoms with van der Waals surface area (Å²) in [6.07, 6.45) is 2.41. The zero-order valence-electron chi connectivity index (χ0n) is 11.2. The number of hydrogen-bond donors (Lipinski definition) is 3. The van der Waals surface area contributed by atoms with E-state index >= 15 is 0 Å². The van der Waals surface area contributed by atoms with E-state index in [1.165, 1.54) is 12.1 Å². The summed E-state index contributed by atoms with van der Waals surface area (Å²) in [6, 6.07) is 4.46. The third-order valence-electron chi connectivity index (χ3n) is 2.62. The van der Waals surface area contributed by atoms with E-state index < -0.39 is 12.1 Å². The average molecular weight is 299 g/mol. The first-order valence-electron chi connectivity index (χ1n) is 6.10. The van der Waals surface area contributed by atoms with Gasteiger partial charge in [0.1, 0.15) is 11.9 Å². The van der Waals surface area contributed by atoms with Crippen LogP contribution in [0.4, 0.5) is 9.18 Å². The maximum absolute atomic E-state index is 12.7. The van der Waals surface area contributed by atoms with Crippen molar-refractivity contribution in [3.63, 3.8) is 0 Å². The summed E-state index contributed by atoms with van der Waals surface area (Å²) in [7, 11) is 0. The number of hydrogen-bond acceptors (Lipinski definition) is 3. The molecule has 1 atom stereocenters. The molecule has 0 spiro atoms. The van der Waals surface area contributed by atoms with Crippen molar-refractivity contribution in [2.45, 2.75) is 19.0 Å². The SMILES string of the molecule is CSCC[C@@H](NC(N)=O)C(=O)NCc1ccc(F)cc1. The highest BCUT2D eigenvalue weighted by Gasteiger charge is 2.18. The van der Waals surface area contributed by atoms with Crippen LogP contribution in [-0.4, -0.2) is 30.0 Å². The molecule has 5 nitrogen and oxygen atoms in total. The van der Waals surface area contributed by atoms with Crippen molar-refractivity contribution < 1.29 is 14.0 Å². The standard InChI is InChI=1S/C13H18FN3O2S/c1-20-7-6-11(17-13(15)19)12(18)16-8-9-2-4-10(14)5-3-9/h2-5,11H,6-8H2,1H3,(H,16,18)(H3,15,17,19)/t11-/m1/s1. The predicted octanol–water partition coefficient (Wildman–Crippen LogP) is 1.23. The van der Waals surface area contributed by atoms with Crippen molar-refractivity contribution >= 4 is 23.7 Å². The number of benzene rings is 1. The van der Waals surface area contributed by atoms with Gasteiger partial charge in [-0.1, -0.05) is 12.1 Å². The lowest BCUT2D eigenvalue weighted by molar-refractivity contribution is -0.123. The van der Waals surface area contributed by atoms with Crippen LogP contribution in [0.15, 0.2) is 24.3 Å². The molecule has 1 rings (SSSR count). The fraction of sp³-hybridized carbons (Fsp3) is 0.385. The summed E-state index contributed by atoms with van der Waals surface area (Å²) < 4.78 is 12.7. The lowest BCUT2D eigenvalue weighted by Crippen LogP contribution is -2.48. The molecule has 0 aliphatic heterocycles. The monoisotopic (exact) mass is 299 g/mol. The van der Waals surface area contributed by atoms with Crippen molar-refractivity contribution in [1.29, 1.82) is 0 Å². The molecule has 0 aliphatic rings. The number of halogens is 1. The molecule has 0 bridgehead atoms. The highest BCUT2D eigenvalue weighted by Crippen LogP contribution is 2.04. The number of carbonyl (C=O) groups excluding carboxylic acids is 2. The first-order chi connectivity index (χ1) is 9.52. The van der Waals surface area contributed by atoms with Gasteiger partial charge in [-0.2, -0.15) is 11.8 Å². The van der Waals surface area contributed by atoms with E-state index in [4.69, 9.17) is 5.73 Å². The largest absolute Gasteiger partial charge is 0.352 e. The first kappa shape index (κ1) is 16.3. The predicted molar refractivity (Wildman–Crippen MR) is 77.8 cm³/mol. The van der Waals surface area contributed by atoms with E-state index in [1.807, 2.05) is 6.26 Å². The molecule has 0 aliphatic carbocycles. The van der Waals surface area contributed by atoms with Gasteiger partial charge in [-0.05, 0) is 36.1 Å². The molecule has 110 valence electrons. The molecule has 7 heteroatoms. The minimum atomic E-state index is -0.729. The summed E-state index contributed by atoms with van der Waals surface area (Å²) in [6.45, 7) is 0.273. The number of rotatable bonds is 7. The van der Waals surface area contributed by atoms with Crippen LogP contribution in [0.25, 0.3) is 0 Å². The molecule has 0 saturated carbocycles. The summed E-state index contributed by atoms with van der Waals surface area (Å²) in [5.41, 5.74) is 5.83. The Kier molecular flexibility index (Phi) is 6.86. The second-order valence-electron chi connectivity index (χ2n) is 4.19. The van der Waals surface area contributed by atoms with E-state index in [0.29, 0.717) is 6.42 Å². The fourth-order valence-electron chi connectivity index (χ4n) is 1.59. The number of primary amides is 1. The maximum atomic E-state index is 12.7. The molecular weight excluding hydrogens is 281 g/mol. The number of urea groups is 1. The lowest BCUT2D eigenvalue weighted by atomic mass is 10.2. The minimum Gasteiger partial charge on any atom is -0.352 e. The van der Waals surface area contributed by atoms with Gasteiger partial charge in [0.25, 0.3) is 0 Å². The number of nitrogens with two attached hydrogens (primary N) is 1. The molecule has 0 saturated heterocycles. The number of thioether (sulfide) groups is 1. The molecule has 3 amide bonds. The van der Waals surface area contributed by atoms with Crippen molar-refractivity contribution in [1.82, 2.24) is 10.6 Å². The Morgan fingerprint density at radius 3 is 2.55 bits per heavy atom. The number of carbonyl (C=O) groups is 2. The number of nitrogens with one attached hydrogen (secondary N) is 2. The van der Waals surface area contributed by atoms with Gasteiger partial charge in [-0.15, -0.1) is 0 Å². The van der Waals surface area contributed by atoms with Gasteiger partial charge in [0.15, 0.2) is 0 Å². The first-order valence-corrected chi connectivity index (χ1v) is 7.49. The topological polar surface area (TPSA) is 84.2 Å². The molecule has 1 aromatic carbocycles. The Balaban J connectivity index is 2.51. The Hall–Kier alpha value is -1.76. The van der Waals surface area contributed by atoms with Crippen molar-refractivity contribution in [3.8, 4) is 0 Å². The number of amides is 3. The molecule has 4 N–H and O–H groups in total. The second kappa shape index (κ2) is 8.42. The smallest absolute Gasteiger partial charge is 0.312 e. The maximum Gasteiger partial charge on any atom is 0.312 e. The average Bonchev–Trinajstić information content (AvgIpc) is 2.42. The Morgan fingerprint density at radius 1 is 1.35 bits per heavy atom. The molecule has 0 fully saturated rings. The molecule has 0 unspecified atom stereocenters. The highest BCUT2D eigenvalue weighted by atomic mass is 32.2. The van der Waals surface area contributed by atoms with E-state index in [9.17, 15) is 14.0 Å². The van der Waals surface area contributed by atoms with E-state index in [2.05, 4.69) is 10.6 Å². The van der Waals surface area contributed by atoms with Gasteiger partial charge < -0.3 is 16.4 Å². The van der Waals surface area contributed by atoms with E-state index in [1.54, 1.807) is 23.9 Å². The highest BCUT2D eigenvalue weighted by molar-refractivity contribution is 7.98. The van der Waals surface area contributed by atoms with Crippen molar-refractivity contribution in [2.75, 3.05) is 12.0 Å². The summed E-state index contributed by atoms with van der Waals surface area (Å²) in [5.74, 6) is 0.102. The van der Waals surface area contributed by atoms with Crippen LogP contribution in [-0.2, 0) is 11.3 Å². The molecule has 1 aromatic rings. The van der Waals surface area contributed by atoms with Crippen LogP contribution in [0.3, 0.4) is 0 Å².